The third-order valence-corrected chi connectivity index (χ3v) is 5.09. The molecular weight excluding hydrogens is 244 g/mol. The Morgan fingerprint density at radius 3 is 2.50 bits per heavy atom. The first-order valence-electron chi connectivity index (χ1n) is 7.97. The van der Waals surface area contributed by atoms with Crippen molar-refractivity contribution in [3.63, 3.8) is 0 Å². The molecule has 1 fully saturated rings. The molecule has 0 spiro atoms. The average molecular weight is 274 g/mol. The molecule has 2 heteroatoms. The van der Waals surface area contributed by atoms with Gasteiger partial charge in [0, 0.05) is 5.54 Å². The zero-order valence-corrected chi connectivity index (χ0v) is 13.7. The predicted molar refractivity (Wildman–Crippen MR) is 87.2 cm³/mol. The molecule has 0 aromatic heterocycles. The van der Waals surface area contributed by atoms with Crippen LogP contribution in [-0.4, -0.2) is 31.1 Å². The van der Waals surface area contributed by atoms with Gasteiger partial charge in [0.05, 0.1) is 6.04 Å². The highest BCUT2D eigenvalue weighted by molar-refractivity contribution is 5.31. The number of rotatable bonds is 6. The molecule has 1 N–H and O–H groups in total. The first kappa shape index (κ1) is 15.5. The van der Waals surface area contributed by atoms with Crippen molar-refractivity contribution < 1.29 is 0 Å². The summed E-state index contributed by atoms with van der Waals surface area (Å²) in [5.74, 6) is 0.805. The lowest BCUT2D eigenvalue weighted by Gasteiger charge is -2.41. The molecule has 1 unspecified atom stereocenters. The van der Waals surface area contributed by atoms with Crippen LogP contribution in [0.4, 0.5) is 0 Å². The van der Waals surface area contributed by atoms with Gasteiger partial charge >= 0.3 is 0 Å². The number of hydrogen-bond acceptors (Lipinski definition) is 2. The highest BCUT2D eigenvalue weighted by Gasteiger charge is 2.32. The van der Waals surface area contributed by atoms with Crippen LogP contribution in [0.5, 0.6) is 0 Å². The van der Waals surface area contributed by atoms with Crippen LogP contribution in [0.1, 0.15) is 63.1 Å². The van der Waals surface area contributed by atoms with Gasteiger partial charge in [0.2, 0.25) is 0 Å². The number of likely N-dealkylation sites (N-methyl/N-ethyl adjacent to an activating group) is 2. The van der Waals surface area contributed by atoms with Crippen LogP contribution in [0.2, 0.25) is 0 Å². The van der Waals surface area contributed by atoms with E-state index in [-0.39, 0.29) is 5.54 Å². The van der Waals surface area contributed by atoms with Crippen LogP contribution in [0.15, 0.2) is 24.3 Å². The summed E-state index contributed by atoms with van der Waals surface area (Å²) < 4.78 is 0. The maximum Gasteiger partial charge on any atom is 0.0501 e. The molecule has 1 aliphatic rings. The smallest absolute Gasteiger partial charge is 0.0501 e. The van der Waals surface area contributed by atoms with E-state index in [2.05, 4.69) is 69.3 Å². The second-order valence-electron chi connectivity index (χ2n) is 6.84. The van der Waals surface area contributed by atoms with Crippen molar-refractivity contribution in [2.24, 2.45) is 0 Å². The molecular formula is C18H30N2. The van der Waals surface area contributed by atoms with Crippen molar-refractivity contribution in [1.82, 2.24) is 10.2 Å². The summed E-state index contributed by atoms with van der Waals surface area (Å²) in [5.41, 5.74) is 3.05. The normalized spacial score (nSPS) is 18.1. The Morgan fingerprint density at radius 2 is 2.00 bits per heavy atom. The quantitative estimate of drug-likeness (QED) is 0.845. The third-order valence-electron chi connectivity index (χ3n) is 5.09. The van der Waals surface area contributed by atoms with E-state index in [9.17, 15) is 0 Å². The Morgan fingerprint density at radius 1 is 1.30 bits per heavy atom. The maximum atomic E-state index is 3.68. The van der Waals surface area contributed by atoms with Gasteiger partial charge in [-0.3, -0.25) is 0 Å². The van der Waals surface area contributed by atoms with E-state index in [0.29, 0.717) is 6.04 Å². The zero-order chi connectivity index (χ0) is 14.8. The third kappa shape index (κ3) is 3.07. The second kappa shape index (κ2) is 6.28. The van der Waals surface area contributed by atoms with Crippen molar-refractivity contribution in [3.05, 3.63) is 35.4 Å². The number of benzene rings is 1. The fourth-order valence-corrected chi connectivity index (χ4v) is 2.97. The van der Waals surface area contributed by atoms with Gasteiger partial charge < -0.3 is 10.2 Å². The van der Waals surface area contributed by atoms with Crippen LogP contribution < -0.4 is 5.32 Å². The maximum absolute atomic E-state index is 3.68. The largest absolute Gasteiger partial charge is 0.309 e. The van der Waals surface area contributed by atoms with Crippen molar-refractivity contribution in [2.75, 3.05) is 20.6 Å². The fraction of sp³-hybridized carbons (Fsp3) is 0.667. The lowest BCUT2D eigenvalue weighted by atomic mass is 9.78. The van der Waals surface area contributed by atoms with Crippen LogP contribution in [-0.2, 0) is 0 Å². The minimum absolute atomic E-state index is 0.0915. The fourth-order valence-electron chi connectivity index (χ4n) is 2.97. The van der Waals surface area contributed by atoms with E-state index < -0.39 is 0 Å². The van der Waals surface area contributed by atoms with Gasteiger partial charge in [-0.15, -0.1) is 0 Å². The van der Waals surface area contributed by atoms with Gasteiger partial charge in [0.15, 0.2) is 0 Å². The Labute approximate surface area is 124 Å². The molecule has 2 nitrogen and oxygen atoms in total. The Balaban J connectivity index is 2.29. The van der Waals surface area contributed by atoms with E-state index in [1.807, 2.05) is 0 Å². The van der Waals surface area contributed by atoms with Crippen molar-refractivity contribution in [3.8, 4) is 0 Å². The molecule has 1 aliphatic carbocycles. The first-order valence-corrected chi connectivity index (χ1v) is 7.97. The van der Waals surface area contributed by atoms with Crippen LogP contribution in [0.25, 0.3) is 0 Å². The standard InChI is InChI=1S/C18H30N2/c1-6-19-17(18(2,3)20(4)5)16-12-8-11-15(13-16)14-9-7-10-14/h8,11-14,17,19H,6-7,9-10H2,1-5H3. The van der Waals surface area contributed by atoms with E-state index in [0.717, 1.165) is 12.5 Å². The lowest BCUT2D eigenvalue weighted by molar-refractivity contribution is 0.139. The van der Waals surface area contributed by atoms with Gasteiger partial charge in [0.1, 0.15) is 0 Å². The predicted octanol–water partition coefficient (Wildman–Crippen LogP) is 3.94. The Hall–Kier alpha value is -0.860. The summed E-state index contributed by atoms with van der Waals surface area (Å²) in [6.07, 6.45) is 4.13. The molecule has 1 atom stereocenters. The molecule has 20 heavy (non-hydrogen) atoms. The molecule has 1 aromatic carbocycles. The van der Waals surface area contributed by atoms with Gasteiger partial charge in [0.25, 0.3) is 0 Å². The summed E-state index contributed by atoms with van der Waals surface area (Å²) in [5, 5.41) is 3.68. The highest BCUT2D eigenvalue weighted by Crippen LogP contribution is 2.38. The molecule has 2 rings (SSSR count). The molecule has 0 amide bonds. The summed E-state index contributed by atoms with van der Waals surface area (Å²) in [7, 11) is 4.33. The van der Waals surface area contributed by atoms with Crippen molar-refractivity contribution in [1.29, 1.82) is 0 Å². The highest BCUT2D eigenvalue weighted by atomic mass is 15.2. The second-order valence-corrected chi connectivity index (χ2v) is 6.84. The molecule has 0 bridgehead atoms. The zero-order valence-electron chi connectivity index (χ0n) is 13.7. The Bertz CT molecular complexity index is 433. The number of hydrogen-bond donors (Lipinski definition) is 1. The van der Waals surface area contributed by atoms with Gasteiger partial charge in [-0.1, -0.05) is 37.6 Å². The SMILES string of the molecule is CCNC(c1cccc(C2CCC2)c1)C(C)(C)N(C)C. The van der Waals surface area contributed by atoms with Crippen molar-refractivity contribution >= 4 is 0 Å². The molecule has 1 saturated carbocycles. The van der Waals surface area contributed by atoms with E-state index in [1.54, 1.807) is 0 Å². The summed E-state index contributed by atoms with van der Waals surface area (Å²) >= 11 is 0. The van der Waals surface area contributed by atoms with E-state index in [4.69, 9.17) is 0 Å². The number of nitrogens with one attached hydrogen (secondary N) is 1. The molecule has 112 valence electrons. The van der Waals surface area contributed by atoms with Crippen LogP contribution >= 0.6 is 0 Å². The summed E-state index contributed by atoms with van der Waals surface area (Å²) in [6.45, 7) is 7.82. The molecule has 1 aromatic rings. The summed E-state index contributed by atoms with van der Waals surface area (Å²) in [6, 6.07) is 9.61. The Kier molecular flexibility index (Phi) is 4.87. The molecule has 0 aliphatic heterocycles. The van der Waals surface area contributed by atoms with E-state index in [1.165, 1.54) is 30.4 Å². The van der Waals surface area contributed by atoms with E-state index >= 15 is 0 Å². The molecule has 0 radical (unpaired) electrons. The van der Waals surface area contributed by atoms with Gasteiger partial charge in [-0.05, 0) is 64.4 Å². The first-order chi connectivity index (χ1) is 9.46. The minimum atomic E-state index is 0.0915. The summed E-state index contributed by atoms with van der Waals surface area (Å²) in [4.78, 5) is 2.32. The van der Waals surface area contributed by atoms with Gasteiger partial charge in [-0.2, -0.15) is 0 Å². The lowest BCUT2D eigenvalue weighted by Crippen LogP contribution is -2.49. The monoisotopic (exact) mass is 274 g/mol. The van der Waals surface area contributed by atoms with Crippen LogP contribution in [0, 0.1) is 0 Å². The number of nitrogens with zero attached hydrogens (tertiary/aromatic N) is 1. The molecule has 0 heterocycles. The topological polar surface area (TPSA) is 15.3 Å². The van der Waals surface area contributed by atoms with Crippen molar-refractivity contribution in [2.45, 2.75) is 57.5 Å². The van der Waals surface area contributed by atoms with Crippen LogP contribution in [0.3, 0.4) is 0 Å². The minimum Gasteiger partial charge on any atom is -0.309 e. The van der Waals surface area contributed by atoms with Gasteiger partial charge in [-0.25, -0.2) is 0 Å². The average Bonchev–Trinajstić information content (AvgIpc) is 2.33. The molecule has 0 saturated heterocycles.